The van der Waals surface area contributed by atoms with Crippen LogP contribution >= 0.6 is 11.6 Å². The molecule has 9 heteroatoms. The molecule has 0 aliphatic carbocycles. The Morgan fingerprint density at radius 3 is 2.39 bits per heavy atom. The number of rotatable bonds is 9. The van der Waals surface area contributed by atoms with E-state index in [0.717, 1.165) is 21.7 Å². The van der Waals surface area contributed by atoms with Crippen molar-refractivity contribution in [1.29, 1.82) is 0 Å². The number of nitrogens with one attached hydrogen (secondary N) is 1. The third-order valence-corrected chi connectivity index (χ3v) is 6.76. The minimum absolute atomic E-state index is 0.222. The van der Waals surface area contributed by atoms with Gasteiger partial charge in [-0.1, -0.05) is 60.1 Å². The predicted molar refractivity (Wildman–Crippen MR) is 144 cm³/mol. The molecule has 4 rings (SSSR count). The largest absolute Gasteiger partial charge is 0.489 e. The summed E-state index contributed by atoms with van der Waals surface area (Å²) in [5, 5.41) is 6.50. The van der Waals surface area contributed by atoms with Crippen molar-refractivity contribution in [3.63, 3.8) is 0 Å². The highest BCUT2D eigenvalue weighted by molar-refractivity contribution is 7.92. The zero-order chi connectivity index (χ0) is 25.5. The average molecular weight is 522 g/mol. The SMILES string of the molecule is CS(=O)(=O)N(CC(=O)N/N=C\c1ccc(OCc2ccc3ccccc3c2)cc1)c1ccccc1Cl. The van der Waals surface area contributed by atoms with Crippen molar-refractivity contribution in [1.82, 2.24) is 5.43 Å². The highest BCUT2D eigenvalue weighted by atomic mass is 35.5. The van der Waals surface area contributed by atoms with Gasteiger partial charge in [-0.3, -0.25) is 9.10 Å². The first-order valence-electron chi connectivity index (χ1n) is 11.0. The van der Waals surface area contributed by atoms with Gasteiger partial charge in [0.1, 0.15) is 18.9 Å². The Labute approximate surface area is 215 Å². The second-order valence-corrected chi connectivity index (χ2v) is 10.4. The Hall–Kier alpha value is -3.88. The summed E-state index contributed by atoms with van der Waals surface area (Å²) in [4.78, 5) is 12.3. The number of nitrogens with zero attached hydrogens (tertiary/aromatic N) is 2. The normalized spacial score (nSPS) is 11.5. The maximum absolute atomic E-state index is 12.3. The molecule has 1 amide bonds. The maximum atomic E-state index is 12.3. The standard InChI is InChI=1S/C27H24ClN3O4S/c1-36(33,34)31(26-9-5-4-8-25(26)28)18-27(32)30-29-17-20-11-14-24(15-12-20)35-19-21-10-13-22-6-2-3-7-23(22)16-21/h2-17H,18-19H2,1H3,(H,30,32)/b29-17-. The first kappa shape index (κ1) is 25.2. The fourth-order valence-corrected chi connectivity index (χ4v) is 4.68. The van der Waals surface area contributed by atoms with E-state index < -0.39 is 22.5 Å². The van der Waals surface area contributed by atoms with Crippen LogP contribution in [-0.4, -0.2) is 33.3 Å². The molecule has 184 valence electrons. The molecule has 0 spiro atoms. The van der Waals surface area contributed by atoms with Crippen LogP contribution in [0.4, 0.5) is 5.69 Å². The third kappa shape index (κ3) is 6.62. The molecular formula is C27H24ClN3O4S. The number of anilines is 1. The van der Waals surface area contributed by atoms with Crippen molar-refractivity contribution >= 4 is 50.2 Å². The van der Waals surface area contributed by atoms with Crippen molar-refractivity contribution in [2.24, 2.45) is 5.10 Å². The van der Waals surface area contributed by atoms with E-state index in [-0.39, 0.29) is 10.7 Å². The van der Waals surface area contributed by atoms with E-state index in [2.05, 4.69) is 34.8 Å². The second-order valence-electron chi connectivity index (χ2n) is 8.05. The lowest BCUT2D eigenvalue weighted by atomic mass is 10.1. The van der Waals surface area contributed by atoms with Gasteiger partial charge in [0, 0.05) is 0 Å². The lowest BCUT2D eigenvalue weighted by Gasteiger charge is -2.22. The smallest absolute Gasteiger partial charge is 0.260 e. The molecule has 4 aromatic carbocycles. The van der Waals surface area contributed by atoms with Gasteiger partial charge in [-0.15, -0.1) is 0 Å². The van der Waals surface area contributed by atoms with Crippen LogP contribution in [0.1, 0.15) is 11.1 Å². The predicted octanol–water partition coefficient (Wildman–Crippen LogP) is 4.99. The fourth-order valence-electron chi connectivity index (χ4n) is 3.53. The zero-order valence-electron chi connectivity index (χ0n) is 19.5. The van der Waals surface area contributed by atoms with Crippen LogP contribution in [0.25, 0.3) is 10.8 Å². The molecule has 1 N–H and O–H groups in total. The summed E-state index contributed by atoms with van der Waals surface area (Å²) in [6.07, 6.45) is 2.47. The Bertz CT molecular complexity index is 1510. The number of ether oxygens (including phenoxy) is 1. The molecule has 0 heterocycles. The van der Waals surface area contributed by atoms with Crippen molar-refractivity contribution in [2.45, 2.75) is 6.61 Å². The Morgan fingerprint density at radius 2 is 1.67 bits per heavy atom. The summed E-state index contributed by atoms with van der Waals surface area (Å²) >= 11 is 6.11. The second kappa shape index (κ2) is 11.2. The molecule has 0 saturated heterocycles. The van der Waals surface area contributed by atoms with E-state index in [4.69, 9.17) is 16.3 Å². The monoisotopic (exact) mass is 521 g/mol. The van der Waals surface area contributed by atoms with E-state index >= 15 is 0 Å². The molecule has 0 aliphatic rings. The summed E-state index contributed by atoms with van der Waals surface area (Å²) in [5.41, 5.74) is 4.38. The number of hydrazone groups is 1. The molecular weight excluding hydrogens is 498 g/mol. The number of hydrogen-bond donors (Lipinski definition) is 1. The molecule has 0 fully saturated rings. The van der Waals surface area contributed by atoms with Crippen molar-refractivity contribution in [2.75, 3.05) is 17.1 Å². The Balaban J connectivity index is 1.31. The van der Waals surface area contributed by atoms with Crippen LogP contribution in [0, 0.1) is 0 Å². The van der Waals surface area contributed by atoms with Crippen LogP contribution in [0.2, 0.25) is 5.02 Å². The highest BCUT2D eigenvalue weighted by Gasteiger charge is 2.22. The minimum Gasteiger partial charge on any atom is -0.489 e. The maximum Gasteiger partial charge on any atom is 0.260 e. The van der Waals surface area contributed by atoms with Crippen LogP contribution in [0.15, 0.2) is 96.1 Å². The number of sulfonamides is 1. The third-order valence-electron chi connectivity index (χ3n) is 5.31. The van der Waals surface area contributed by atoms with Crippen LogP contribution in [0.3, 0.4) is 0 Å². The minimum atomic E-state index is -3.73. The lowest BCUT2D eigenvalue weighted by molar-refractivity contribution is -0.119. The number of para-hydroxylation sites is 1. The summed E-state index contributed by atoms with van der Waals surface area (Å²) in [5.74, 6) is 0.0970. The summed E-state index contributed by atoms with van der Waals surface area (Å²) < 4.78 is 31.2. The summed E-state index contributed by atoms with van der Waals surface area (Å²) in [6.45, 7) is -0.0158. The number of halogens is 1. The van der Waals surface area contributed by atoms with Gasteiger partial charge in [-0.2, -0.15) is 5.10 Å². The van der Waals surface area contributed by atoms with Crippen molar-refractivity contribution in [3.05, 3.63) is 107 Å². The van der Waals surface area contributed by atoms with Gasteiger partial charge in [0.15, 0.2) is 0 Å². The van der Waals surface area contributed by atoms with Crippen molar-refractivity contribution < 1.29 is 17.9 Å². The van der Waals surface area contributed by atoms with E-state index in [1.807, 2.05) is 30.3 Å². The van der Waals surface area contributed by atoms with E-state index in [1.54, 1.807) is 30.3 Å². The first-order chi connectivity index (χ1) is 17.3. The van der Waals surface area contributed by atoms with Crippen LogP contribution < -0.4 is 14.5 Å². The van der Waals surface area contributed by atoms with E-state index in [9.17, 15) is 13.2 Å². The van der Waals surface area contributed by atoms with Gasteiger partial charge < -0.3 is 4.74 Å². The summed E-state index contributed by atoms with van der Waals surface area (Å²) in [6, 6.07) is 28.0. The van der Waals surface area contributed by atoms with E-state index in [0.29, 0.717) is 12.4 Å². The lowest BCUT2D eigenvalue weighted by Crippen LogP contribution is -2.39. The van der Waals surface area contributed by atoms with Gasteiger partial charge in [0.05, 0.1) is 23.2 Å². The van der Waals surface area contributed by atoms with Gasteiger partial charge in [-0.25, -0.2) is 13.8 Å². The Kier molecular flexibility index (Phi) is 7.87. The van der Waals surface area contributed by atoms with Crippen molar-refractivity contribution in [3.8, 4) is 5.75 Å². The van der Waals surface area contributed by atoms with Crippen LogP contribution in [-0.2, 0) is 21.4 Å². The zero-order valence-corrected chi connectivity index (χ0v) is 21.0. The number of carbonyl (C=O) groups excluding carboxylic acids is 1. The van der Waals surface area contributed by atoms with Gasteiger partial charge in [0.25, 0.3) is 5.91 Å². The molecule has 4 aromatic rings. The van der Waals surface area contributed by atoms with E-state index in [1.165, 1.54) is 23.1 Å². The molecule has 0 radical (unpaired) electrons. The highest BCUT2D eigenvalue weighted by Crippen LogP contribution is 2.26. The average Bonchev–Trinajstić information content (AvgIpc) is 2.86. The molecule has 0 bridgehead atoms. The topological polar surface area (TPSA) is 88.1 Å². The number of fused-ring (bicyclic) bond motifs is 1. The summed E-state index contributed by atoms with van der Waals surface area (Å²) in [7, 11) is -3.73. The molecule has 0 aromatic heterocycles. The Morgan fingerprint density at radius 1 is 0.972 bits per heavy atom. The molecule has 7 nitrogen and oxygen atoms in total. The van der Waals surface area contributed by atoms with Gasteiger partial charge in [-0.05, 0) is 64.4 Å². The molecule has 0 unspecified atom stereocenters. The molecule has 0 aliphatic heterocycles. The van der Waals surface area contributed by atoms with Gasteiger partial charge >= 0.3 is 0 Å². The quantitative estimate of drug-likeness (QED) is 0.248. The number of benzene rings is 4. The molecule has 0 saturated carbocycles. The number of carbonyl (C=O) groups is 1. The first-order valence-corrected chi connectivity index (χ1v) is 13.3. The number of hydrogen-bond acceptors (Lipinski definition) is 5. The van der Waals surface area contributed by atoms with Crippen LogP contribution in [0.5, 0.6) is 5.75 Å². The number of amides is 1. The molecule has 0 atom stereocenters. The fraction of sp³-hybridized carbons (Fsp3) is 0.111. The molecule has 36 heavy (non-hydrogen) atoms. The van der Waals surface area contributed by atoms with Gasteiger partial charge in [0.2, 0.25) is 10.0 Å².